The van der Waals surface area contributed by atoms with E-state index in [2.05, 4.69) is 20.4 Å². The first-order valence-electron chi connectivity index (χ1n) is 9.20. The number of carbonyl (C=O) groups excluding carboxylic acids is 1. The Morgan fingerprint density at radius 2 is 1.96 bits per heavy atom. The maximum absolute atomic E-state index is 12.4. The summed E-state index contributed by atoms with van der Waals surface area (Å²) in [7, 11) is 0. The van der Waals surface area contributed by atoms with Crippen molar-refractivity contribution >= 4 is 22.9 Å². The van der Waals surface area contributed by atoms with Gasteiger partial charge in [-0.1, -0.05) is 0 Å². The van der Waals surface area contributed by atoms with Crippen LogP contribution in [0.3, 0.4) is 0 Å². The molecule has 0 saturated carbocycles. The maximum Gasteiger partial charge on any atom is 0.263 e. The predicted octanol–water partition coefficient (Wildman–Crippen LogP) is 1.62. The highest BCUT2D eigenvalue weighted by Gasteiger charge is 2.27. The van der Waals surface area contributed by atoms with Crippen molar-refractivity contribution in [3.63, 3.8) is 0 Å². The Bertz CT molecular complexity index is 853. The summed E-state index contributed by atoms with van der Waals surface area (Å²) in [6.07, 6.45) is 3.07. The van der Waals surface area contributed by atoms with Crippen molar-refractivity contribution in [2.75, 3.05) is 18.0 Å². The second-order valence-electron chi connectivity index (χ2n) is 8.28. The molecule has 0 bridgehead atoms. The van der Waals surface area contributed by atoms with E-state index >= 15 is 0 Å². The number of aromatic nitrogens is 4. The number of carbonyl (C=O) groups is 1. The molecule has 142 valence electrons. The van der Waals surface area contributed by atoms with Crippen molar-refractivity contribution < 1.29 is 4.79 Å². The third kappa shape index (κ3) is 3.59. The van der Waals surface area contributed by atoms with Crippen LogP contribution in [0.5, 0.6) is 0 Å². The van der Waals surface area contributed by atoms with E-state index in [1.54, 1.807) is 10.9 Å². The maximum atomic E-state index is 12.4. The molecule has 0 aliphatic carbocycles. The minimum absolute atomic E-state index is 0.0178. The lowest BCUT2D eigenvalue weighted by Gasteiger charge is -2.32. The third-order valence-corrected chi connectivity index (χ3v) is 4.66. The molecule has 1 aliphatic heterocycles. The van der Waals surface area contributed by atoms with Crippen molar-refractivity contribution in [1.82, 2.24) is 25.1 Å². The molecule has 0 unspecified atom stereocenters. The van der Waals surface area contributed by atoms with Crippen molar-refractivity contribution in [3.05, 3.63) is 16.6 Å². The number of fused-ring (bicyclic) bond motifs is 1. The Labute approximate surface area is 153 Å². The van der Waals surface area contributed by atoms with Gasteiger partial charge < -0.3 is 10.2 Å². The zero-order valence-electron chi connectivity index (χ0n) is 16.2. The summed E-state index contributed by atoms with van der Waals surface area (Å²) in [5.41, 5.74) is 0.151. The molecule has 3 rings (SSSR count). The Kier molecular flexibility index (Phi) is 4.77. The van der Waals surface area contributed by atoms with Gasteiger partial charge in [0, 0.05) is 25.0 Å². The second-order valence-corrected chi connectivity index (χ2v) is 8.28. The smallest absolute Gasteiger partial charge is 0.263 e. The summed E-state index contributed by atoms with van der Waals surface area (Å²) in [5.74, 6) is 0.683. The van der Waals surface area contributed by atoms with Crippen LogP contribution in [0.4, 0.5) is 5.95 Å². The summed E-state index contributed by atoms with van der Waals surface area (Å²) in [6.45, 7) is 11.4. The Balaban J connectivity index is 1.82. The van der Waals surface area contributed by atoms with Gasteiger partial charge in [0.05, 0.1) is 11.7 Å². The molecular weight excluding hydrogens is 332 g/mol. The number of hydrogen-bond donors (Lipinski definition) is 2. The number of H-pyrrole nitrogens is 1. The monoisotopic (exact) mass is 360 g/mol. The molecule has 8 heteroatoms. The first-order chi connectivity index (χ1) is 12.2. The molecule has 0 aromatic carbocycles. The van der Waals surface area contributed by atoms with Gasteiger partial charge in [0.1, 0.15) is 5.39 Å². The van der Waals surface area contributed by atoms with Gasteiger partial charge in [-0.3, -0.25) is 14.6 Å². The topological polar surface area (TPSA) is 95.9 Å². The van der Waals surface area contributed by atoms with Gasteiger partial charge >= 0.3 is 0 Å². The standard InChI is InChI=1S/C18H28N6O2/c1-11(2)20-15(25)12-6-8-23(9-7-12)17-21-14-13(16(26)22-17)10-19-24(14)18(3,4)5/h10-12H,6-9H2,1-5H3,(H,20,25)(H,21,22,26). The number of piperidine rings is 1. The molecule has 8 nitrogen and oxygen atoms in total. The zero-order chi connectivity index (χ0) is 19.1. The van der Waals surface area contributed by atoms with E-state index in [1.165, 1.54) is 0 Å². The molecule has 26 heavy (non-hydrogen) atoms. The van der Waals surface area contributed by atoms with Gasteiger partial charge in [-0.2, -0.15) is 10.1 Å². The van der Waals surface area contributed by atoms with Gasteiger partial charge in [0.2, 0.25) is 11.9 Å². The Hall–Kier alpha value is -2.38. The Morgan fingerprint density at radius 3 is 2.54 bits per heavy atom. The average molecular weight is 360 g/mol. The van der Waals surface area contributed by atoms with Crippen LogP contribution >= 0.6 is 0 Å². The van der Waals surface area contributed by atoms with Crippen molar-refractivity contribution in [3.8, 4) is 0 Å². The number of nitrogens with zero attached hydrogens (tertiary/aromatic N) is 4. The molecule has 1 saturated heterocycles. The van der Waals surface area contributed by atoms with Crippen LogP contribution in [0.1, 0.15) is 47.5 Å². The normalized spacial score (nSPS) is 16.5. The Morgan fingerprint density at radius 1 is 1.31 bits per heavy atom. The van der Waals surface area contributed by atoms with E-state index in [-0.39, 0.29) is 29.0 Å². The van der Waals surface area contributed by atoms with Crippen LogP contribution in [0.25, 0.3) is 11.0 Å². The van der Waals surface area contributed by atoms with Crippen molar-refractivity contribution in [2.45, 2.75) is 59.0 Å². The SMILES string of the molecule is CC(C)NC(=O)C1CCN(c2nc3c(cnn3C(C)(C)C)c(=O)[nH]2)CC1. The fourth-order valence-corrected chi connectivity index (χ4v) is 3.30. The predicted molar refractivity (Wildman–Crippen MR) is 101 cm³/mol. The summed E-state index contributed by atoms with van der Waals surface area (Å²) in [5, 5.41) is 7.81. The molecule has 0 spiro atoms. The second kappa shape index (κ2) is 6.74. The summed E-state index contributed by atoms with van der Waals surface area (Å²) >= 11 is 0. The number of amides is 1. The van der Waals surface area contributed by atoms with Gasteiger partial charge in [-0.05, 0) is 47.5 Å². The van der Waals surface area contributed by atoms with Crippen LogP contribution in [0.15, 0.2) is 11.0 Å². The molecule has 1 aliphatic rings. The highest BCUT2D eigenvalue weighted by atomic mass is 16.2. The molecule has 1 fully saturated rings. The average Bonchev–Trinajstić information content (AvgIpc) is 2.99. The first kappa shape index (κ1) is 18.4. The van der Waals surface area contributed by atoms with Gasteiger partial charge in [-0.15, -0.1) is 0 Å². The molecule has 1 amide bonds. The molecule has 0 atom stereocenters. The van der Waals surface area contributed by atoms with E-state index in [0.29, 0.717) is 30.1 Å². The zero-order valence-corrected chi connectivity index (χ0v) is 16.2. The molecule has 3 heterocycles. The number of rotatable bonds is 3. The number of aromatic amines is 1. The minimum Gasteiger partial charge on any atom is -0.354 e. The van der Waals surface area contributed by atoms with E-state index in [9.17, 15) is 9.59 Å². The molecular formula is C18H28N6O2. The van der Waals surface area contributed by atoms with Crippen molar-refractivity contribution in [2.24, 2.45) is 5.92 Å². The number of nitrogens with one attached hydrogen (secondary N) is 2. The lowest BCUT2D eigenvalue weighted by molar-refractivity contribution is -0.126. The lowest BCUT2D eigenvalue weighted by Crippen LogP contribution is -2.43. The fraction of sp³-hybridized carbons (Fsp3) is 0.667. The molecule has 2 N–H and O–H groups in total. The third-order valence-electron chi connectivity index (χ3n) is 4.66. The molecule has 2 aromatic heterocycles. The lowest BCUT2D eigenvalue weighted by atomic mass is 9.96. The highest BCUT2D eigenvalue weighted by molar-refractivity contribution is 5.79. The summed E-state index contributed by atoms with van der Waals surface area (Å²) in [4.78, 5) is 34.2. The van der Waals surface area contributed by atoms with Crippen LogP contribution < -0.4 is 15.8 Å². The highest BCUT2D eigenvalue weighted by Crippen LogP contribution is 2.23. The first-order valence-corrected chi connectivity index (χ1v) is 9.20. The van der Waals surface area contributed by atoms with Crippen LogP contribution in [0.2, 0.25) is 0 Å². The van der Waals surface area contributed by atoms with Crippen LogP contribution in [-0.4, -0.2) is 44.8 Å². The van der Waals surface area contributed by atoms with E-state index in [0.717, 1.165) is 12.8 Å². The van der Waals surface area contributed by atoms with Crippen LogP contribution in [-0.2, 0) is 10.3 Å². The summed E-state index contributed by atoms with van der Waals surface area (Å²) in [6, 6.07) is 0.152. The van der Waals surface area contributed by atoms with Crippen LogP contribution in [0, 0.1) is 5.92 Å². The molecule has 0 radical (unpaired) electrons. The van der Waals surface area contributed by atoms with E-state index in [4.69, 9.17) is 0 Å². The van der Waals surface area contributed by atoms with Gasteiger partial charge in [-0.25, -0.2) is 4.68 Å². The molecule has 2 aromatic rings. The quantitative estimate of drug-likeness (QED) is 0.867. The number of hydrogen-bond acceptors (Lipinski definition) is 5. The van der Waals surface area contributed by atoms with E-state index in [1.807, 2.05) is 39.5 Å². The van der Waals surface area contributed by atoms with Gasteiger partial charge in [0.25, 0.3) is 5.56 Å². The summed E-state index contributed by atoms with van der Waals surface area (Å²) < 4.78 is 1.78. The van der Waals surface area contributed by atoms with E-state index < -0.39 is 0 Å². The van der Waals surface area contributed by atoms with Crippen molar-refractivity contribution in [1.29, 1.82) is 0 Å². The minimum atomic E-state index is -0.262. The fourth-order valence-electron chi connectivity index (χ4n) is 3.30. The largest absolute Gasteiger partial charge is 0.354 e. The van der Waals surface area contributed by atoms with Gasteiger partial charge in [0.15, 0.2) is 5.65 Å². The number of anilines is 1.